The van der Waals surface area contributed by atoms with Crippen LogP contribution in [0.4, 0.5) is 0 Å². The van der Waals surface area contributed by atoms with Gasteiger partial charge in [-0.15, -0.1) is 0 Å². The van der Waals surface area contributed by atoms with Crippen LogP contribution in [0, 0.1) is 55.4 Å². The van der Waals surface area contributed by atoms with Crippen molar-refractivity contribution in [2.24, 2.45) is 0 Å². The number of Topliss-reactive ketones (excluding diaryl/α,β-unsaturated/α-hetero) is 4. The van der Waals surface area contributed by atoms with Gasteiger partial charge in [0.05, 0.1) is 0 Å². The molecule has 0 unspecified atom stereocenters. The normalized spacial score (nSPS) is 9.73. The van der Waals surface area contributed by atoms with E-state index in [9.17, 15) is 19.2 Å². The number of carbonyl (C=O) groups is 4. The van der Waals surface area contributed by atoms with Gasteiger partial charge in [-0.2, -0.15) is 0 Å². The van der Waals surface area contributed by atoms with Crippen molar-refractivity contribution in [2.75, 3.05) is 0 Å². The zero-order chi connectivity index (χ0) is 48.2. The van der Waals surface area contributed by atoms with Gasteiger partial charge in [0, 0.05) is 67.8 Å². The van der Waals surface area contributed by atoms with E-state index < -0.39 is 25.5 Å². The molecule has 12 heteroatoms. The van der Waals surface area contributed by atoms with Crippen LogP contribution in [0.2, 0.25) is 25.1 Å². The minimum absolute atomic E-state index is 0. The van der Waals surface area contributed by atoms with E-state index in [0.717, 1.165) is 67.8 Å². The first kappa shape index (κ1) is 66.7. The SMILES string of the molecule is C.C.CB(O)O.CC(=O)c1cc(C)nc(C)c1.CC(=O)c1cc(C)nc(C)c1.CC(=O)c1cc(C)nc(C)c1.CC(=O)c1cc(C)nc(C)c1.CCC[CH2][Sn]([CH3])([CH2]CCC)[CH2]CCC. The number of unbranched alkanes of at least 4 members (excludes halogenated alkanes) is 3. The van der Waals surface area contributed by atoms with Gasteiger partial charge in [0.25, 0.3) is 0 Å². The van der Waals surface area contributed by atoms with E-state index in [0.29, 0.717) is 0 Å². The summed E-state index contributed by atoms with van der Waals surface area (Å²) in [5, 5.41) is 15.2. The van der Waals surface area contributed by atoms with Crippen LogP contribution in [0.1, 0.15) is 189 Å². The maximum absolute atomic E-state index is 10.9. The van der Waals surface area contributed by atoms with Crippen molar-refractivity contribution in [2.45, 2.75) is 182 Å². The van der Waals surface area contributed by atoms with Crippen LogP contribution in [0.15, 0.2) is 48.5 Å². The second-order valence-corrected chi connectivity index (χ2v) is 31.1. The third-order valence-electron chi connectivity index (χ3n) is 9.35. The molecule has 0 fully saturated rings. The summed E-state index contributed by atoms with van der Waals surface area (Å²) in [5.74, 6) is 0.384. The molecule has 10 nitrogen and oxygen atoms in total. The maximum atomic E-state index is 10.9. The number of carbonyl (C=O) groups excluding carboxylic acids is 4. The molecule has 0 saturated carbocycles. The minimum atomic E-state index is -1.56. The van der Waals surface area contributed by atoms with Gasteiger partial charge >= 0.3 is 103 Å². The predicted octanol–water partition coefficient (Wildman–Crippen LogP) is 13.4. The quantitative estimate of drug-likeness (QED) is 0.0974. The van der Waals surface area contributed by atoms with Crippen LogP contribution in [0.3, 0.4) is 0 Å². The molecule has 0 aliphatic heterocycles. The summed E-state index contributed by atoms with van der Waals surface area (Å²) in [5.41, 5.74) is 10.2. The Kier molecular flexibility index (Phi) is 37.8. The Morgan fingerprint density at radius 1 is 0.438 bits per heavy atom. The summed E-state index contributed by atoms with van der Waals surface area (Å²) in [6.07, 6.45) is 8.76. The van der Waals surface area contributed by atoms with E-state index in [2.05, 4.69) is 45.6 Å². The molecular weight excluding hydrogens is 906 g/mol. The van der Waals surface area contributed by atoms with Gasteiger partial charge in [0.2, 0.25) is 0 Å². The van der Waals surface area contributed by atoms with Gasteiger partial charge in [0.15, 0.2) is 23.1 Å². The first-order valence-corrected chi connectivity index (χ1v) is 30.9. The molecule has 358 valence electrons. The first-order chi connectivity index (χ1) is 28.8. The average molecular weight is 994 g/mol. The van der Waals surface area contributed by atoms with Crippen molar-refractivity contribution in [1.82, 2.24) is 19.9 Å². The predicted molar refractivity (Wildman–Crippen MR) is 275 cm³/mol. The summed E-state index contributed by atoms with van der Waals surface area (Å²) in [4.78, 5) is 63.1. The number of pyridine rings is 4. The molecule has 4 heterocycles. The molecule has 2 N–H and O–H groups in total. The molecular formula is C52H87BN4O6Sn. The number of aryl methyl sites for hydroxylation is 8. The molecule has 0 aromatic carbocycles. The third-order valence-corrected chi connectivity index (χ3v) is 22.7. The summed E-state index contributed by atoms with van der Waals surface area (Å²) in [6.45, 7) is 29.7. The monoisotopic (exact) mass is 995 g/mol. The molecule has 4 rings (SSSR count). The van der Waals surface area contributed by atoms with Crippen molar-refractivity contribution in [3.63, 3.8) is 0 Å². The Morgan fingerprint density at radius 3 is 0.688 bits per heavy atom. The average Bonchev–Trinajstić information content (AvgIpc) is 3.15. The number of hydrogen-bond acceptors (Lipinski definition) is 10. The van der Waals surface area contributed by atoms with Crippen molar-refractivity contribution in [3.05, 3.63) is 116 Å². The molecule has 0 aliphatic carbocycles. The Hall–Kier alpha value is -3.94. The number of ketones is 4. The topological polar surface area (TPSA) is 160 Å². The molecule has 0 radical (unpaired) electrons. The molecule has 64 heavy (non-hydrogen) atoms. The standard InChI is InChI=1S/4C9H11NO.3C4H9.CH5BO2.2CH4.CH3.Sn/c4*1-6-4-9(8(3)11)5-7(2)10-6;3*1-3-4-2;1-2(3)4;;;;/h4*4-5H,1-3H3;3*1,3-4H2,2H3;3-4H,1H3;2*1H4;1H3;. The number of rotatable bonds is 13. The van der Waals surface area contributed by atoms with Crippen molar-refractivity contribution in [3.8, 4) is 0 Å². The van der Waals surface area contributed by atoms with Gasteiger partial charge in [-0.25, -0.2) is 0 Å². The number of nitrogens with zero attached hydrogens (tertiary/aromatic N) is 4. The Balaban J connectivity index is -0.000000342. The summed E-state index contributed by atoms with van der Waals surface area (Å²) >= 11 is -1.56. The fraction of sp³-hybridized carbons (Fsp3) is 0.538. The van der Waals surface area contributed by atoms with Gasteiger partial charge in [-0.05, 0) is 138 Å². The summed E-state index contributed by atoms with van der Waals surface area (Å²) in [6, 6.07) is 14.4. The van der Waals surface area contributed by atoms with Crippen LogP contribution in [0.25, 0.3) is 0 Å². The Morgan fingerprint density at radius 2 is 0.578 bits per heavy atom. The van der Waals surface area contributed by atoms with E-state index in [1.54, 1.807) is 89.5 Å². The zero-order valence-electron chi connectivity index (χ0n) is 41.4. The van der Waals surface area contributed by atoms with Crippen LogP contribution in [0.5, 0.6) is 0 Å². The molecule has 0 saturated heterocycles. The Bertz CT molecular complexity index is 1630. The number of hydrogen-bond donors (Lipinski definition) is 2. The summed E-state index contributed by atoms with van der Waals surface area (Å²) in [7, 11) is -1.17. The van der Waals surface area contributed by atoms with Gasteiger partial charge in [-0.1, -0.05) is 14.9 Å². The van der Waals surface area contributed by atoms with Crippen LogP contribution >= 0.6 is 0 Å². The van der Waals surface area contributed by atoms with Crippen LogP contribution < -0.4 is 0 Å². The van der Waals surface area contributed by atoms with E-state index in [1.807, 2.05) is 55.4 Å². The number of aromatic nitrogens is 4. The van der Waals surface area contributed by atoms with Crippen LogP contribution in [-0.4, -0.2) is 78.6 Å². The van der Waals surface area contributed by atoms with Crippen molar-refractivity contribution in [1.29, 1.82) is 0 Å². The van der Waals surface area contributed by atoms with Gasteiger partial charge < -0.3 is 10.0 Å². The molecule has 4 aromatic rings. The second-order valence-electron chi connectivity index (χ2n) is 16.5. The van der Waals surface area contributed by atoms with Crippen molar-refractivity contribution < 1.29 is 29.2 Å². The fourth-order valence-corrected chi connectivity index (χ4v) is 18.8. The van der Waals surface area contributed by atoms with Gasteiger partial charge in [-0.3, -0.25) is 39.1 Å². The molecule has 0 aliphatic rings. The van der Waals surface area contributed by atoms with Crippen molar-refractivity contribution >= 4 is 48.6 Å². The molecule has 4 aromatic heterocycles. The van der Waals surface area contributed by atoms with Crippen LogP contribution in [-0.2, 0) is 0 Å². The molecule has 0 spiro atoms. The first-order valence-electron chi connectivity index (χ1n) is 22.0. The Labute approximate surface area is 394 Å². The summed E-state index contributed by atoms with van der Waals surface area (Å²) < 4.78 is 4.97. The molecule has 0 atom stereocenters. The van der Waals surface area contributed by atoms with E-state index >= 15 is 0 Å². The third kappa shape index (κ3) is 33.6. The zero-order valence-corrected chi connectivity index (χ0v) is 44.2. The fourth-order valence-electron chi connectivity index (χ4n) is 6.34. The van der Waals surface area contributed by atoms with Gasteiger partial charge in [0.1, 0.15) is 0 Å². The van der Waals surface area contributed by atoms with E-state index in [4.69, 9.17) is 10.0 Å². The van der Waals surface area contributed by atoms with E-state index in [-0.39, 0.29) is 38.0 Å². The van der Waals surface area contributed by atoms with E-state index in [1.165, 1.54) is 45.3 Å². The second kappa shape index (κ2) is 36.3. The molecule has 0 amide bonds. The molecule has 0 bridgehead atoms.